The van der Waals surface area contributed by atoms with Gasteiger partial charge in [0.05, 0.1) is 6.61 Å². The van der Waals surface area contributed by atoms with Gasteiger partial charge in [-0.15, -0.1) is 0 Å². The van der Waals surface area contributed by atoms with Gasteiger partial charge in [-0.3, -0.25) is 0 Å². The molecular formula is C12H16N2O4. The van der Waals surface area contributed by atoms with Gasteiger partial charge in [0.15, 0.2) is 6.04 Å². The molecule has 0 heterocycles. The summed E-state index contributed by atoms with van der Waals surface area (Å²) in [4.78, 5) is 22.2. The lowest BCUT2D eigenvalue weighted by atomic mass is 10.1. The molecule has 18 heavy (non-hydrogen) atoms. The van der Waals surface area contributed by atoms with Crippen LogP contribution in [0.1, 0.15) is 12.5 Å². The number of para-hydroxylation sites is 1. The number of carboxylic acids is 1. The highest BCUT2D eigenvalue weighted by Crippen LogP contribution is 2.14. The molecule has 4 N–H and O–H groups in total. The molecule has 0 aliphatic heterocycles. The number of carboxylic acid groups (broad SMARTS) is 1. The molecule has 1 aromatic rings. The Morgan fingerprint density at radius 3 is 2.56 bits per heavy atom. The van der Waals surface area contributed by atoms with E-state index in [-0.39, 0.29) is 0 Å². The number of aliphatic hydroxyl groups excluding tert-OH is 1. The summed E-state index contributed by atoms with van der Waals surface area (Å²) in [5.41, 5.74) is 1.57. The zero-order valence-corrected chi connectivity index (χ0v) is 10.0. The maximum absolute atomic E-state index is 11.6. The van der Waals surface area contributed by atoms with Crippen molar-refractivity contribution in [2.75, 3.05) is 11.9 Å². The number of carbonyl (C=O) groups is 2. The van der Waals surface area contributed by atoms with Crippen LogP contribution < -0.4 is 10.6 Å². The smallest absolute Gasteiger partial charge is 0.328 e. The third-order valence-corrected chi connectivity index (χ3v) is 2.43. The van der Waals surface area contributed by atoms with Crippen LogP contribution in [0.5, 0.6) is 0 Å². The average Bonchev–Trinajstić information content (AvgIpc) is 2.36. The Hall–Kier alpha value is -2.08. The van der Waals surface area contributed by atoms with Gasteiger partial charge in [0.1, 0.15) is 0 Å². The molecule has 6 nitrogen and oxygen atoms in total. The summed E-state index contributed by atoms with van der Waals surface area (Å²) in [5, 5.41) is 22.2. The van der Waals surface area contributed by atoms with E-state index in [1.165, 1.54) is 0 Å². The summed E-state index contributed by atoms with van der Waals surface area (Å²) in [5.74, 6) is -1.28. The molecule has 1 atom stereocenters. The highest BCUT2D eigenvalue weighted by molar-refractivity contribution is 5.92. The van der Waals surface area contributed by atoms with Gasteiger partial charge in [0, 0.05) is 5.69 Å². The second-order valence-electron chi connectivity index (χ2n) is 3.68. The lowest BCUT2D eigenvalue weighted by molar-refractivity contribution is -0.140. The molecule has 6 heteroatoms. The Bertz CT molecular complexity index is 434. The molecule has 1 aromatic carbocycles. The number of nitrogens with one attached hydrogen (secondary N) is 2. The molecule has 0 saturated heterocycles. The van der Waals surface area contributed by atoms with E-state index in [9.17, 15) is 9.59 Å². The number of amides is 2. The van der Waals surface area contributed by atoms with Gasteiger partial charge in [-0.2, -0.15) is 0 Å². The van der Waals surface area contributed by atoms with Crippen LogP contribution in [0.4, 0.5) is 10.5 Å². The van der Waals surface area contributed by atoms with E-state index < -0.39 is 24.6 Å². The fraction of sp³-hybridized carbons (Fsp3) is 0.333. The highest BCUT2D eigenvalue weighted by Gasteiger charge is 2.18. The van der Waals surface area contributed by atoms with Gasteiger partial charge in [-0.1, -0.05) is 25.1 Å². The number of benzene rings is 1. The van der Waals surface area contributed by atoms with Crippen LogP contribution in [-0.4, -0.2) is 34.9 Å². The minimum Gasteiger partial charge on any atom is -0.480 e. The zero-order chi connectivity index (χ0) is 13.5. The average molecular weight is 252 g/mol. The molecule has 0 saturated carbocycles. The van der Waals surface area contributed by atoms with Crippen molar-refractivity contribution in [2.45, 2.75) is 19.4 Å². The minimum atomic E-state index is -1.31. The summed E-state index contributed by atoms with van der Waals surface area (Å²) < 4.78 is 0. The fourth-order valence-electron chi connectivity index (χ4n) is 1.45. The number of urea groups is 1. The Morgan fingerprint density at radius 1 is 1.33 bits per heavy atom. The summed E-state index contributed by atoms with van der Waals surface area (Å²) in [6.07, 6.45) is 0.749. The Labute approximate surface area is 105 Å². The number of aliphatic hydroxyl groups is 1. The van der Waals surface area contributed by atoms with E-state index in [4.69, 9.17) is 10.2 Å². The SMILES string of the molecule is CCc1ccccc1NC(=O)N[C@@H](CO)C(=O)O. The number of rotatable bonds is 5. The largest absolute Gasteiger partial charge is 0.480 e. The van der Waals surface area contributed by atoms with Gasteiger partial charge in [-0.25, -0.2) is 9.59 Å². The first-order valence-corrected chi connectivity index (χ1v) is 5.57. The summed E-state index contributed by atoms with van der Waals surface area (Å²) in [7, 11) is 0. The van der Waals surface area contributed by atoms with Crippen molar-refractivity contribution in [3.8, 4) is 0 Å². The molecule has 98 valence electrons. The maximum Gasteiger partial charge on any atom is 0.328 e. The molecule has 0 bridgehead atoms. The lowest BCUT2D eigenvalue weighted by Gasteiger charge is -2.14. The van der Waals surface area contributed by atoms with Crippen molar-refractivity contribution < 1.29 is 19.8 Å². The normalized spacial score (nSPS) is 11.7. The molecule has 0 spiro atoms. The first-order valence-electron chi connectivity index (χ1n) is 5.57. The van der Waals surface area contributed by atoms with Gasteiger partial charge < -0.3 is 20.8 Å². The zero-order valence-electron chi connectivity index (χ0n) is 10.0. The van der Waals surface area contributed by atoms with E-state index in [0.717, 1.165) is 12.0 Å². The molecule has 0 aromatic heterocycles. The fourth-order valence-corrected chi connectivity index (χ4v) is 1.45. The molecule has 0 radical (unpaired) electrons. The summed E-state index contributed by atoms with van der Waals surface area (Å²) >= 11 is 0. The van der Waals surface area contributed by atoms with Crippen LogP contribution in [0, 0.1) is 0 Å². The highest BCUT2D eigenvalue weighted by atomic mass is 16.4. The number of anilines is 1. The summed E-state index contributed by atoms with van der Waals surface area (Å²) in [6, 6.07) is 5.27. The molecule has 2 amide bonds. The number of hydrogen-bond donors (Lipinski definition) is 4. The van der Waals surface area contributed by atoms with Gasteiger partial charge >= 0.3 is 12.0 Å². The number of aryl methyl sites for hydroxylation is 1. The minimum absolute atomic E-state index is 0.625. The first-order chi connectivity index (χ1) is 8.58. The van der Waals surface area contributed by atoms with Gasteiger partial charge in [-0.05, 0) is 18.1 Å². The van der Waals surface area contributed by atoms with Crippen molar-refractivity contribution in [3.63, 3.8) is 0 Å². The third kappa shape index (κ3) is 3.74. The van der Waals surface area contributed by atoms with E-state index in [0.29, 0.717) is 5.69 Å². The van der Waals surface area contributed by atoms with Crippen LogP contribution in [0.3, 0.4) is 0 Å². The Morgan fingerprint density at radius 2 is 2.00 bits per heavy atom. The molecule has 0 fully saturated rings. The maximum atomic E-state index is 11.6. The van der Waals surface area contributed by atoms with Crippen molar-refractivity contribution in [2.24, 2.45) is 0 Å². The monoisotopic (exact) mass is 252 g/mol. The van der Waals surface area contributed by atoms with Crippen LogP contribution in [-0.2, 0) is 11.2 Å². The summed E-state index contributed by atoms with van der Waals surface area (Å²) in [6.45, 7) is 1.30. The van der Waals surface area contributed by atoms with E-state index in [2.05, 4.69) is 10.6 Å². The van der Waals surface area contributed by atoms with Crippen molar-refractivity contribution in [1.29, 1.82) is 0 Å². The molecule has 0 aliphatic carbocycles. The third-order valence-electron chi connectivity index (χ3n) is 2.43. The van der Waals surface area contributed by atoms with E-state index in [1.807, 2.05) is 19.1 Å². The van der Waals surface area contributed by atoms with Crippen molar-refractivity contribution in [3.05, 3.63) is 29.8 Å². The second kappa shape index (κ2) is 6.61. The van der Waals surface area contributed by atoms with Gasteiger partial charge in [0.25, 0.3) is 0 Å². The standard InChI is InChI=1S/C12H16N2O4/c1-2-8-5-3-4-6-9(8)13-12(18)14-10(7-15)11(16)17/h3-6,10,15H,2,7H2,1H3,(H,16,17)(H2,13,14,18)/t10-/m0/s1. The lowest BCUT2D eigenvalue weighted by Crippen LogP contribution is -2.45. The predicted octanol–water partition coefficient (Wildman–Crippen LogP) is 0.816. The van der Waals surface area contributed by atoms with Crippen LogP contribution >= 0.6 is 0 Å². The molecule has 0 unspecified atom stereocenters. The second-order valence-corrected chi connectivity index (χ2v) is 3.68. The number of aliphatic carboxylic acids is 1. The Kier molecular flexibility index (Phi) is 5.13. The quantitative estimate of drug-likeness (QED) is 0.623. The van der Waals surface area contributed by atoms with Crippen molar-refractivity contribution >= 4 is 17.7 Å². The van der Waals surface area contributed by atoms with Crippen LogP contribution in [0.2, 0.25) is 0 Å². The first kappa shape index (κ1) is 14.0. The van der Waals surface area contributed by atoms with E-state index in [1.54, 1.807) is 12.1 Å². The molecule has 0 aliphatic rings. The Balaban J connectivity index is 2.67. The molecule has 1 rings (SSSR count). The van der Waals surface area contributed by atoms with Crippen LogP contribution in [0.15, 0.2) is 24.3 Å². The van der Waals surface area contributed by atoms with E-state index >= 15 is 0 Å². The van der Waals surface area contributed by atoms with Crippen LogP contribution in [0.25, 0.3) is 0 Å². The van der Waals surface area contributed by atoms with Crippen molar-refractivity contribution in [1.82, 2.24) is 5.32 Å². The van der Waals surface area contributed by atoms with Gasteiger partial charge in [0.2, 0.25) is 0 Å². The number of carbonyl (C=O) groups excluding carboxylic acids is 1. The predicted molar refractivity (Wildman–Crippen MR) is 66.5 cm³/mol. The topological polar surface area (TPSA) is 98.7 Å². The molecular weight excluding hydrogens is 236 g/mol. The number of hydrogen-bond acceptors (Lipinski definition) is 3.